The zero-order valence-corrected chi connectivity index (χ0v) is 52.2. The Hall–Kier alpha value is -7.37. The summed E-state index contributed by atoms with van der Waals surface area (Å²) in [6.45, 7) is 4.71. The molecule has 0 N–H and O–H groups in total. The van der Waals surface area contributed by atoms with Gasteiger partial charge in [-0.15, -0.1) is 0 Å². The van der Waals surface area contributed by atoms with E-state index in [9.17, 15) is 49.0 Å². The van der Waals surface area contributed by atoms with Crippen LogP contribution in [0.25, 0.3) is 0 Å². The van der Waals surface area contributed by atoms with Gasteiger partial charge in [0.15, 0.2) is 0 Å². The average molecular weight is 1280 g/mol. The maximum absolute atomic E-state index is 14.7. The quantitative estimate of drug-likeness (QED) is 0.101. The second-order valence-corrected chi connectivity index (χ2v) is 32.2. The summed E-state index contributed by atoms with van der Waals surface area (Å²) in [7, 11) is -6.16. The molecule has 474 valence electrons. The predicted octanol–water partition coefficient (Wildman–Crippen LogP) is 8.49. The highest BCUT2D eigenvalue weighted by molar-refractivity contribution is 8.00. The van der Waals surface area contributed by atoms with Crippen molar-refractivity contribution in [3.63, 3.8) is 0 Å². The van der Waals surface area contributed by atoms with Gasteiger partial charge in [0, 0.05) is 123 Å². The molecule has 9 heterocycles. The average Bonchev–Trinajstić information content (AvgIpc) is 1.23. The van der Waals surface area contributed by atoms with Gasteiger partial charge in [-0.05, 0) is 163 Å². The molecule has 3 unspecified atom stereocenters. The number of carbonyl (C=O) groups is 3. The van der Waals surface area contributed by atoms with Crippen LogP contribution in [0.3, 0.4) is 0 Å². The van der Waals surface area contributed by atoms with Crippen LogP contribution in [0, 0.1) is 46.8 Å². The predicted molar refractivity (Wildman–Crippen MR) is 345 cm³/mol. The lowest BCUT2D eigenvalue weighted by Gasteiger charge is -2.44. The van der Waals surface area contributed by atoms with Crippen molar-refractivity contribution >= 4 is 81.4 Å². The molecule has 0 radical (unpaired) electrons. The summed E-state index contributed by atoms with van der Waals surface area (Å²) in [6, 6.07) is 29.9. The van der Waals surface area contributed by atoms with Crippen molar-refractivity contribution in [3.05, 3.63) is 180 Å². The molecule has 0 aliphatic carbocycles. The molecule has 6 aromatic rings. The molecule has 0 saturated carbocycles. The van der Waals surface area contributed by atoms with Crippen molar-refractivity contribution in [1.29, 1.82) is 0 Å². The normalized spacial score (nSPS) is 27.3. The number of benzene rings is 3. The summed E-state index contributed by atoms with van der Waals surface area (Å²) in [6.07, 6.45) is 7.60. The summed E-state index contributed by atoms with van der Waals surface area (Å²) >= 11 is 0. The first-order valence-electron chi connectivity index (χ1n) is 30.1. The number of pyridine rings is 3. The van der Waals surface area contributed by atoms with Gasteiger partial charge in [-0.3, -0.25) is 27.0 Å². The number of carbonyl (C=O) groups excluding carboxylic acids is 3. The molecule has 23 heteroatoms. The van der Waals surface area contributed by atoms with Gasteiger partial charge in [0.2, 0.25) is 17.7 Å². The topological polar surface area (TPSA) is 161 Å². The van der Waals surface area contributed by atoms with Crippen molar-refractivity contribution in [2.75, 3.05) is 108 Å². The molecule has 6 aliphatic heterocycles. The molecule has 0 bridgehead atoms. The third-order valence-electron chi connectivity index (χ3n) is 17.9. The van der Waals surface area contributed by atoms with Crippen molar-refractivity contribution in [3.8, 4) is 0 Å². The maximum atomic E-state index is 14.7. The van der Waals surface area contributed by atoms with Gasteiger partial charge < -0.3 is 29.4 Å². The summed E-state index contributed by atoms with van der Waals surface area (Å²) < 4.78 is 105. The van der Waals surface area contributed by atoms with E-state index < -0.39 is 46.2 Å². The van der Waals surface area contributed by atoms with E-state index in [1.807, 2.05) is 37.8 Å². The number of anilines is 3. The van der Waals surface area contributed by atoms with Gasteiger partial charge in [-0.25, -0.2) is 36.9 Å². The third kappa shape index (κ3) is 16.3. The smallest absolute Gasteiger partial charge is 0.226 e. The Morgan fingerprint density at radius 3 is 1.08 bits per heavy atom. The standard InChI is InChI=1S/2C22H25F2N3O2S.C22H26FN3O2S/c1-30(29)12-8-17(9-13-30)22(28)27-11-10-26(21-7-6-19(24)14-25-21)15-20(27)16-2-4-18(23)5-3-16;1-30(29)12-8-16(9-13-30)22(28)27-11-10-26(21-7-6-17(23)14-25-21)15-20(27)18-4-2-3-5-19(18)24;1-29(28)14-9-18(10-15-29)22(27)26-13-12-25(21-4-2-3-11-24-21)16-20(26)17-5-7-19(23)8-6-17/h2-7,14,17,20H,1,8-13,15H2;2-7,14,16,20H,1,8-13,15H2;2-8,11,18,20H,1,9-10,12-16H2. The fraction of sp³-hybridized carbons (Fsp3) is 0.409. The van der Waals surface area contributed by atoms with E-state index in [0.29, 0.717) is 149 Å². The lowest BCUT2D eigenvalue weighted by Crippen LogP contribution is -2.53. The number of aromatic nitrogens is 3. The van der Waals surface area contributed by atoms with E-state index in [1.54, 1.807) is 65.7 Å². The van der Waals surface area contributed by atoms with Crippen LogP contribution in [-0.2, 0) is 42.9 Å². The van der Waals surface area contributed by atoms with Crippen LogP contribution >= 0.6 is 0 Å². The second kappa shape index (κ2) is 28.2. The van der Waals surface area contributed by atoms with Crippen molar-refractivity contribution in [2.24, 2.45) is 17.8 Å². The Labute approximate surface area is 519 Å². The number of rotatable bonds is 9. The second-order valence-electron chi connectivity index (χ2n) is 23.9. The number of nitrogens with zero attached hydrogens (tertiary/aromatic N) is 9. The van der Waals surface area contributed by atoms with Crippen LogP contribution < -0.4 is 14.7 Å². The third-order valence-corrected chi connectivity index (χ3v) is 23.8. The monoisotopic (exact) mass is 1280 g/mol. The zero-order chi connectivity index (χ0) is 63.0. The van der Waals surface area contributed by atoms with Gasteiger partial charge in [-0.1, -0.05) is 48.5 Å². The van der Waals surface area contributed by atoms with Gasteiger partial charge >= 0.3 is 0 Å². The number of piperazine rings is 3. The molecule has 6 aliphatic rings. The van der Waals surface area contributed by atoms with Crippen molar-refractivity contribution in [1.82, 2.24) is 29.7 Å². The van der Waals surface area contributed by atoms with E-state index in [0.717, 1.165) is 23.1 Å². The molecular weight excluding hydrogens is 1210 g/mol. The molecule has 6 saturated heterocycles. The van der Waals surface area contributed by atoms with Gasteiger partial charge in [0.1, 0.15) is 46.5 Å². The highest BCUT2D eigenvalue weighted by Crippen LogP contribution is 2.36. The lowest BCUT2D eigenvalue weighted by atomic mass is 9.96. The first-order valence-corrected chi connectivity index (χ1v) is 36.3. The maximum Gasteiger partial charge on any atom is 0.226 e. The molecule has 6 fully saturated rings. The lowest BCUT2D eigenvalue weighted by molar-refractivity contribution is -0.139. The first-order chi connectivity index (χ1) is 42.6. The molecular formula is C66H76F5N9O6S3. The van der Waals surface area contributed by atoms with E-state index in [4.69, 9.17) is 0 Å². The molecule has 15 nitrogen and oxygen atoms in total. The van der Waals surface area contributed by atoms with Crippen LogP contribution in [0.4, 0.5) is 39.4 Å². The Balaban J connectivity index is 0.000000147. The number of hydrogen-bond acceptors (Lipinski definition) is 12. The van der Waals surface area contributed by atoms with Gasteiger partial charge in [0.05, 0.1) is 30.5 Å². The Morgan fingerprint density at radius 1 is 0.393 bits per heavy atom. The largest absolute Gasteiger partial charge is 0.352 e. The van der Waals surface area contributed by atoms with Crippen LogP contribution in [-0.4, -0.2) is 171 Å². The minimum atomic E-state index is -2.08. The molecule has 3 aromatic heterocycles. The highest BCUT2D eigenvalue weighted by atomic mass is 32.2. The van der Waals surface area contributed by atoms with Crippen LogP contribution in [0.5, 0.6) is 0 Å². The Kier molecular flexibility index (Phi) is 20.5. The number of halogens is 5. The minimum Gasteiger partial charge on any atom is -0.352 e. The van der Waals surface area contributed by atoms with E-state index in [2.05, 4.69) is 37.5 Å². The summed E-state index contributed by atoms with van der Waals surface area (Å²) in [5.74, 6) is 14.2. The van der Waals surface area contributed by atoms with Crippen LogP contribution in [0.2, 0.25) is 0 Å². The van der Waals surface area contributed by atoms with Gasteiger partial charge in [0.25, 0.3) is 0 Å². The van der Waals surface area contributed by atoms with E-state index in [-0.39, 0.29) is 65.0 Å². The first kappa shape index (κ1) is 64.6. The van der Waals surface area contributed by atoms with Gasteiger partial charge in [-0.2, -0.15) is 0 Å². The number of hydrogen-bond donors (Lipinski definition) is 0. The zero-order valence-electron chi connectivity index (χ0n) is 49.7. The van der Waals surface area contributed by atoms with Crippen molar-refractivity contribution < 1.29 is 49.0 Å². The molecule has 3 aromatic carbocycles. The minimum absolute atomic E-state index is 0.0233. The SMILES string of the molecule is C=S1(=O)CCC(C(=O)N2CCN(c3ccc(F)cn3)CC2c2ccc(F)cc2)CC1.C=S1(=O)CCC(C(=O)N2CCN(c3ccc(F)cn3)CC2c2ccccc2F)CC1.C=S1(=O)CCC(C(=O)N2CCN(c3ccccn3)CC2c2ccc(F)cc2)CC1. The van der Waals surface area contributed by atoms with E-state index in [1.165, 1.54) is 48.7 Å². The Bertz CT molecular complexity index is 3740. The molecule has 3 amide bonds. The Morgan fingerprint density at radius 2 is 0.730 bits per heavy atom. The summed E-state index contributed by atoms with van der Waals surface area (Å²) in [5, 5.41) is 0. The molecule has 0 spiro atoms. The van der Waals surface area contributed by atoms with E-state index >= 15 is 0 Å². The van der Waals surface area contributed by atoms with Crippen molar-refractivity contribution in [2.45, 2.75) is 56.7 Å². The number of amides is 3. The molecule has 12 rings (SSSR count). The molecule has 89 heavy (non-hydrogen) atoms. The fourth-order valence-electron chi connectivity index (χ4n) is 12.7. The highest BCUT2D eigenvalue weighted by Gasteiger charge is 2.41. The van der Waals surface area contributed by atoms with Crippen LogP contribution in [0.15, 0.2) is 134 Å². The molecule has 3 atom stereocenters. The summed E-state index contributed by atoms with van der Waals surface area (Å²) in [5.41, 5.74) is 2.21. The van der Waals surface area contributed by atoms with Crippen LogP contribution in [0.1, 0.15) is 73.3 Å². The fourth-order valence-corrected chi connectivity index (χ4v) is 17.6. The summed E-state index contributed by atoms with van der Waals surface area (Å²) in [4.78, 5) is 64.5.